The Labute approximate surface area is 90.2 Å². The molecule has 15 heavy (non-hydrogen) atoms. The molecule has 0 saturated heterocycles. The van der Waals surface area contributed by atoms with Crippen molar-refractivity contribution in [3.63, 3.8) is 0 Å². The number of benzene rings is 1. The number of amides is 1. The molecule has 0 bridgehead atoms. The average molecular weight is 201 g/mol. The van der Waals surface area contributed by atoms with Crippen molar-refractivity contribution in [2.45, 2.75) is 19.4 Å². The first-order valence-corrected chi connectivity index (χ1v) is 5.28. The van der Waals surface area contributed by atoms with Crippen LogP contribution in [-0.4, -0.2) is 17.4 Å². The summed E-state index contributed by atoms with van der Waals surface area (Å²) < 4.78 is 0. The summed E-state index contributed by atoms with van der Waals surface area (Å²) in [5.41, 5.74) is 1.20. The third-order valence-corrected chi connectivity index (χ3v) is 2.83. The summed E-state index contributed by atoms with van der Waals surface area (Å²) in [7, 11) is 0. The molecule has 0 aliphatic carbocycles. The van der Waals surface area contributed by atoms with Crippen LogP contribution >= 0.6 is 0 Å². The van der Waals surface area contributed by atoms with E-state index in [-0.39, 0.29) is 11.9 Å². The summed E-state index contributed by atoms with van der Waals surface area (Å²) in [6, 6.07) is 10.3. The lowest BCUT2D eigenvalue weighted by molar-refractivity contribution is -0.132. The smallest absolute Gasteiger partial charge is 0.227 e. The van der Waals surface area contributed by atoms with Gasteiger partial charge in [0.15, 0.2) is 0 Å². The Morgan fingerprint density at radius 2 is 1.93 bits per heavy atom. The van der Waals surface area contributed by atoms with Crippen molar-refractivity contribution in [2.75, 3.05) is 6.54 Å². The third kappa shape index (κ3) is 2.09. The Kier molecular flexibility index (Phi) is 2.86. The van der Waals surface area contributed by atoms with Gasteiger partial charge in [0.1, 0.15) is 0 Å². The fraction of sp³-hybridized carbons (Fsp3) is 0.308. The van der Waals surface area contributed by atoms with E-state index in [1.807, 2.05) is 29.2 Å². The Bertz CT molecular complexity index is 369. The van der Waals surface area contributed by atoms with Crippen molar-refractivity contribution in [3.8, 4) is 0 Å². The number of carbonyl (C=O) groups is 1. The van der Waals surface area contributed by atoms with Gasteiger partial charge in [0.2, 0.25) is 5.91 Å². The molecule has 1 aliphatic rings. The Morgan fingerprint density at radius 1 is 1.20 bits per heavy atom. The van der Waals surface area contributed by atoms with Crippen molar-refractivity contribution in [1.82, 2.24) is 4.90 Å². The second-order valence-electron chi connectivity index (χ2n) is 3.81. The van der Waals surface area contributed by atoms with E-state index < -0.39 is 0 Å². The molecule has 1 aromatic carbocycles. The van der Waals surface area contributed by atoms with Crippen LogP contribution < -0.4 is 0 Å². The molecule has 2 heteroatoms. The van der Waals surface area contributed by atoms with Crippen molar-refractivity contribution >= 4 is 5.91 Å². The van der Waals surface area contributed by atoms with Gasteiger partial charge in [-0.05, 0) is 12.5 Å². The van der Waals surface area contributed by atoms with Gasteiger partial charge in [-0.3, -0.25) is 4.79 Å². The SMILES string of the molecule is C[C@H](c1ccccc1)N1CC=CCC1=O. The predicted molar refractivity (Wildman–Crippen MR) is 60.3 cm³/mol. The Balaban J connectivity index is 2.17. The molecular weight excluding hydrogens is 186 g/mol. The van der Waals surface area contributed by atoms with Gasteiger partial charge in [-0.2, -0.15) is 0 Å². The largest absolute Gasteiger partial charge is 0.332 e. The highest BCUT2D eigenvalue weighted by molar-refractivity contribution is 5.79. The zero-order valence-electron chi connectivity index (χ0n) is 8.89. The van der Waals surface area contributed by atoms with Crippen LogP contribution in [0.25, 0.3) is 0 Å². The summed E-state index contributed by atoms with van der Waals surface area (Å²) in [5, 5.41) is 0. The van der Waals surface area contributed by atoms with Gasteiger partial charge < -0.3 is 4.90 Å². The van der Waals surface area contributed by atoms with Gasteiger partial charge in [-0.15, -0.1) is 0 Å². The van der Waals surface area contributed by atoms with Crippen LogP contribution in [-0.2, 0) is 4.79 Å². The molecule has 2 rings (SSSR count). The van der Waals surface area contributed by atoms with E-state index in [2.05, 4.69) is 25.1 Å². The molecule has 0 spiro atoms. The molecule has 0 saturated carbocycles. The van der Waals surface area contributed by atoms with E-state index in [1.54, 1.807) is 0 Å². The molecule has 0 aromatic heterocycles. The Hall–Kier alpha value is -1.57. The zero-order valence-corrected chi connectivity index (χ0v) is 8.89. The third-order valence-electron chi connectivity index (χ3n) is 2.83. The van der Waals surface area contributed by atoms with E-state index in [4.69, 9.17) is 0 Å². The van der Waals surface area contributed by atoms with Gasteiger partial charge in [0, 0.05) is 13.0 Å². The van der Waals surface area contributed by atoms with Gasteiger partial charge in [0.25, 0.3) is 0 Å². The lowest BCUT2D eigenvalue weighted by Crippen LogP contribution is -2.35. The fourth-order valence-electron chi connectivity index (χ4n) is 1.88. The van der Waals surface area contributed by atoms with Gasteiger partial charge in [-0.25, -0.2) is 0 Å². The topological polar surface area (TPSA) is 20.3 Å². The van der Waals surface area contributed by atoms with Crippen molar-refractivity contribution < 1.29 is 4.79 Å². The molecule has 1 aromatic rings. The minimum atomic E-state index is 0.170. The van der Waals surface area contributed by atoms with Crippen LogP contribution in [0, 0.1) is 0 Å². The first-order chi connectivity index (χ1) is 7.29. The highest BCUT2D eigenvalue weighted by atomic mass is 16.2. The number of carbonyl (C=O) groups excluding carboxylic acids is 1. The second kappa shape index (κ2) is 4.30. The van der Waals surface area contributed by atoms with Crippen LogP contribution in [0.4, 0.5) is 0 Å². The summed E-state index contributed by atoms with van der Waals surface area (Å²) in [5.74, 6) is 0.217. The quantitative estimate of drug-likeness (QED) is 0.673. The second-order valence-corrected chi connectivity index (χ2v) is 3.81. The van der Waals surface area contributed by atoms with E-state index in [9.17, 15) is 4.79 Å². The highest BCUT2D eigenvalue weighted by Crippen LogP contribution is 2.22. The van der Waals surface area contributed by atoms with Crippen molar-refractivity contribution in [2.24, 2.45) is 0 Å². The summed E-state index contributed by atoms with van der Waals surface area (Å²) >= 11 is 0. The number of hydrogen-bond donors (Lipinski definition) is 0. The van der Waals surface area contributed by atoms with E-state index in [0.29, 0.717) is 6.42 Å². The van der Waals surface area contributed by atoms with Crippen LogP contribution in [0.3, 0.4) is 0 Å². The number of hydrogen-bond acceptors (Lipinski definition) is 1. The standard InChI is InChI=1S/C13H15NO/c1-11(12-7-3-2-4-8-12)14-10-6-5-9-13(14)15/h2-8,11H,9-10H2,1H3/t11-/m1/s1. The first kappa shape index (κ1) is 9.97. The lowest BCUT2D eigenvalue weighted by Gasteiger charge is -2.30. The van der Waals surface area contributed by atoms with Gasteiger partial charge >= 0.3 is 0 Å². The Morgan fingerprint density at radius 3 is 2.60 bits per heavy atom. The van der Waals surface area contributed by atoms with E-state index in [0.717, 1.165) is 6.54 Å². The minimum Gasteiger partial charge on any atom is -0.332 e. The van der Waals surface area contributed by atoms with E-state index >= 15 is 0 Å². The molecular formula is C13H15NO. The predicted octanol–water partition coefficient (Wildman–Crippen LogP) is 2.54. The monoisotopic (exact) mass is 201 g/mol. The van der Waals surface area contributed by atoms with Gasteiger partial charge in [0.05, 0.1) is 6.04 Å². The molecule has 0 radical (unpaired) electrons. The normalized spacial score (nSPS) is 17.9. The zero-order chi connectivity index (χ0) is 10.7. The van der Waals surface area contributed by atoms with Crippen LogP contribution in [0.15, 0.2) is 42.5 Å². The van der Waals surface area contributed by atoms with Crippen molar-refractivity contribution in [1.29, 1.82) is 0 Å². The lowest BCUT2D eigenvalue weighted by atomic mass is 10.1. The molecule has 0 fully saturated rings. The van der Waals surface area contributed by atoms with Crippen LogP contribution in [0.5, 0.6) is 0 Å². The molecule has 1 heterocycles. The molecule has 1 aliphatic heterocycles. The van der Waals surface area contributed by atoms with Gasteiger partial charge in [-0.1, -0.05) is 42.5 Å². The van der Waals surface area contributed by atoms with E-state index in [1.165, 1.54) is 5.56 Å². The number of nitrogens with zero attached hydrogens (tertiary/aromatic N) is 1. The van der Waals surface area contributed by atoms with Crippen molar-refractivity contribution in [3.05, 3.63) is 48.0 Å². The summed E-state index contributed by atoms with van der Waals surface area (Å²) in [6.45, 7) is 2.81. The number of rotatable bonds is 2. The first-order valence-electron chi connectivity index (χ1n) is 5.28. The molecule has 0 N–H and O–H groups in total. The summed E-state index contributed by atoms with van der Waals surface area (Å²) in [4.78, 5) is 13.6. The maximum Gasteiger partial charge on any atom is 0.227 e. The fourth-order valence-corrected chi connectivity index (χ4v) is 1.88. The van der Waals surface area contributed by atoms with Crippen LogP contribution in [0.2, 0.25) is 0 Å². The summed E-state index contributed by atoms with van der Waals surface area (Å²) in [6.07, 6.45) is 4.54. The minimum absolute atomic E-state index is 0.170. The maximum absolute atomic E-state index is 11.7. The highest BCUT2D eigenvalue weighted by Gasteiger charge is 2.21. The molecule has 0 unspecified atom stereocenters. The molecule has 1 amide bonds. The van der Waals surface area contributed by atoms with Crippen LogP contribution in [0.1, 0.15) is 24.9 Å². The molecule has 78 valence electrons. The average Bonchev–Trinajstić information content (AvgIpc) is 2.30. The maximum atomic E-state index is 11.7. The molecule has 2 nitrogen and oxygen atoms in total. The molecule has 1 atom stereocenters.